The van der Waals surface area contributed by atoms with Gasteiger partial charge in [-0.2, -0.15) is 9.50 Å². The van der Waals surface area contributed by atoms with E-state index < -0.39 is 0 Å². The molecule has 0 bridgehead atoms. The largest absolute Gasteiger partial charge is 0.301 e. The number of aromatic nitrogens is 4. The Labute approximate surface area is 167 Å². The van der Waals surface area contributed by atoms with Crippen molar-refractivity contribution in [1.82, 2.24) is 19.6 Å². The zero-order valence-electron chi connectivity index (χ0n) is 16.5. The normalized spacial score (nSPS) is 11.0. The monoisotopic (exact) mass is 387 g/mol. The van der Waals surface area contributed by atoms with Crippen molar-refractivity contribution in [3.63, 3.8) is 0 Å². The number of aromatic amines is 1. The second-order valence-corrected chi connectivity index (χ2v) is 7.09. The van der Waals surface area contributed by atoms with Gasteiger partial charge in [0.1, 0.15) is 5.82 Å². The van der Waals surface area contributed by atoms with Gasteiger partial charge in [0.15, 0.2) is 0 Å². The van der Waals surface area contributed by atoms with Gasteiger partial charge in [0.05, 0.1) is 6.54 Å². The SMILES string of the molecule is Cc1cccc(N(Cc2nc3nc(C)cc(=O)n3[nH]2)C(=O)c2ccccc2C)c1. The highest BCUT2D eigenvalue weighted by atomic mass is 16.2. The summed E-state index contributed by atoms with van der Waals surface area (Å²) in [5.74, 6) is 0.631. The Balaban J connectivity index is 1.79. The number of nitrogens with zero attached hydrogens (tertiary/aromatic N) is 4. The smallest absolute Gasteiger partial charge is 0.274 e. The molecule has 4 rings (SSSR count). The van der Waals surface area contributed by atoms with Gasteiger partial charge in [-0.25, -0.2) is 4.98 Å². The molecule has 0 unspecified atom stereocenters. The molecule has 7 nitrogen and oxygen atoms in total. The molecule has 2 heterocycles. The zero-order valence-corrected chi connectivity index (χ0v) is 16.5. The number of hydrogen-bond acceptors (Lipinski definition) is 4. The Morgan fingerprint density at radius 2 is 1.83 bits per heavy atom. The van der Waals surface area contributed by atoms with Crippen molar-refractivity contribution < 1.29 is 4.79 Å². The number of aryl methyl sites for hydroxylation is 3. The number of H-pyrrole nitrogens is 1. The van der Waals surface area contributed by atoms with Crippen molar-refractivity contribution in [3.8, 4) is 0 Å². The molecule has 4 aromatic rings. The van der Waals surface area contributed by atoms with E-state index in [1.807, 2.05) is 62.4 Å². The molecule has 2 aromatic carbocycles. The van der Waals surface area contributed by atoms with Gasteiger partial charge in [-0.15, -0.1) is 0 Å². The highest BCUT2D eigenvalue weighted by Crippen LogP contribution is 2.22. The van der Waals surface area contributed by atoms with Gasteiger partial charge in [0.25, 0.3) is 17.2 Å². The minimum atomic E-state index is -0.237. The number of amides is 1. The summed E-state index contributed by atoms with van der Waals surface area (Å²) >= 11 is 0. The van der Waals surface area contributed by atoms with Crippen molar-refractivity contribution in [2.75, 3.05) is 4.90 Å². The van der Waals surface area contributed by atoms with Crippen LogP contribution in [0.2, 0.25) is 0 Å². The molecule has 0 radical (unpaired) electrons. The maximum Gasteiger partial charge on any atom is 0.274 e. The first-order valence-corrected chi connectivity index (χ1v) is 9.32. The Hall–Kier alpha value is -3.74. The van der Waals surface area contributed by atoms with E-state index in [-0.39, 0.29) is 23.8 Å². The van der Waals surface area contributed by atoms with E-state index in [0.29, 0.717) is 17.1 Å². The Kier molecular flexibility index (Phi) is 4.72. The molecule has 29 heavy (non-hydrogen) atoms. The second kappa shape index (κ2) is 7.35. The minimum Gasteiger partial charge on any atom is -0.301 e. The first-order chi connectivity index (χ1) is 13.9. The number of nitrogens with one attached hydrogen (secondary N) is 1. The molecule has 0 aliphatic carbocycles. The van der Waals surface area contributed by atoms with E-state index >= 15 is 0 Å². The van der Waals surface area contributed by atoms with Crippen LogP contribution in [0.4, 0.5) is 5.69 Å². The fourth-order valence-electron chi connectivity index (χ4n) is 3.29. The van der Waals surface area contributed by atoms with Gasteiger partial charge < -0.3 is 4.90 Å². The predicted octanol–water partition coefficient (Wildman–Crippen LogP) is 3.19. The van der Waals surface area contributed by atoms with Crippen LogP contribution in [0, 0.1) is 20.8 Å². The first-order valence-electron chi connectivity index (χ1n) is 9.32. The van der Waals surface area contributed by atoms with E-state index in [1.54, 1.807) is 11.8 Å². The summed E-state index contributed by atoms with van der Waals surface area (Å²) < 4.78 is 1.29. The number of anilines is 1. The minimum absolute atomic E-state index is 0.134. The fraction of sp³-hybridized carbons (Fsp3) is 0.182. The highest BCUT2D eigenvalue weighted by Gasteiger charge is 2.21. The number of carbonyl (C=O) groups is 1. The van der Waals surface area contributed by atoms with Crippen LogP contribution < -0.4 is 10.5 Å². The molecule has 0 saturated carbocycles. The maximum absolute atomic E-state index is 13.4. The van der Waals surface area contributed by atoms with Crippen LogP contribution in [-0.2, 0) is 6.54 Å². The molecule has 0 spiro atoms. The van der Waals surface area contributed by atoms with Crippen LogP contribution in [0.15, 0.2) is 59.4 Å². The van der Waals surface area contributed by atoms with Crippen LogP contribution in [0.5, 0.6) is 0 Å². The molecule has 7 heteroatoms. The Bertz CT molecular complexity index is 1270. The third-order valence-electron chi connectivity index (χ3n) is 4.75. The van der Waals surface area contributed by atoms with E-state index in [2.05, 4.69) is 15.1 Å². The molecule has 146 valence electrons. The second-order valence-electron chi connectivity index (χ2n) is 7.09. The molecule has 0 aliphatic heterocycles. The van der Waals surface area contributed by atoms with Gasteiger partial charge in [-0.1, -0.05) is 30.3 Å². The van der Waals surface area contributed by atoms with Gasteiger partial charge in [0, 0.05) is 23.0 Å². The van der Waals surface area contributed by atoms with Gasteiger partial charge in [0.2, 0.25) is 0 Å². The van der Waals surface area contributed by atoms with Gasteiger partial charge >= 0.3 is 0 Å². The summed E-state index contributed by atoms with van der Waals surface area (Å²) in [5, 5.41) is 2.96. The molecule has 1 N–H and O–H groups in total. The summed E-state index contributed by atoms with van der Waals surface area (Å²) in [7, 11) is 0. The molecule has 0 atom stereocenters. The number of fused-ring (bicyclic) bond motifs is 1. The maximum atomic E-state index is 13.4. The highest BCUT2D eigenvalue weighted by molar-refractivity contribution is 6.06. The topological polar surface area (TPSA) is 83.4 Å². The Morgan fingerprint density at radius 3 is 2.59 bits per heavy atom. The molecule has 1 amide bonds. The summed E-state index contributed by atoms with van der Waals surface area (Å²) in [6.07, 6.45) is 0. The van der Waals surface area contributed by atoms with Crippen molar-refractivity contribution in [3.05, 3.63) is 93.2 Å². The van der Waals surface area contributed by atoms with E-state index in [9.17, 15) is 9.59 Å². The van der Waals surface area contributed by atoms with Crippen LogP contribution in [-0.4, -0.2) is 25.5 Å². The quantitative estimate of drug-likeness (QED) is 0.583. The predicted molar refractivity (Wildman–Crippen MR) is 111 cm³/mol. The summed E-state index contributed by atoms with van der Waals surface area (Å²) in [4.78, 5) is 36.0. The lowest BCUT2D eigenvalue weighted by Gasteiger charge is -2.23. The van der Waals surface area contributed by atoms with Crippen molar-refractivity contribution in [2.45, 2.75) is 27.3 Å². The van der Waals surface area contributed by atoms with Gasteiger partial charge in [-0.05, 0) is 50.1 Å². The number of carbonyl (C=O) groups excluding carboxylic acids is 1. The fourth-order valence-corrected chi connectivity index (χ4v) is 3.29. The summed E-state index contributed by atoms with van der Waals surface area (Å²) in [6, 6.07) is 16.7. The summed E-state index contributed by atoms with van der Waals surface area (Å²) in [5.41, 5.74) is 3.68. The molecular weight excluding hydrogens is 366 g/mol. The lowest BCUT2D eigenvalue weighted by atomic mass is 10.1. The van der Waals surface area contributed by atoms with Crippen molar-refractivity contribution >= 4 is 17.4 Å². The van der Waals surface area contributed by atoms with Crippen molar-refractivity contribution in [1.29, 1.82) is 0 Å². The van der Waals surface area contributed by atoms with Crippen LogP contribution in [0.1, 0.15) is 33.0 Å². The third kappa shape index (κ3) is 3.67. The first kappa shape index (κ1) is 18.6. The average Bonchev–Trinajstić information content (AvgIpc) is 3.09. The molecule has 0 saturated heterocycles. The van der Waals surface area contributed by atoms with Gasteiger partial charge in [-0.3, -0.25) is 14.7 Å². The molecular formula is C22H21N5O2. The number of rotatable bonds is 4. The standard InChI is InChI=1S/C22H21N5O2/c1-14-7-6-9-17(11-14)26(21(29)18-10-5-4-8-15(18)2)13-19-24-22-23-16(3)12-20(28)27(22)25-19/h4-12H,13H2,1-3H3,(H,23,24,25). The third-order valence-corrected chi connectivity index (χ3v) is 4.75. The number of hydrogen-bond donors (Lipinski definition) is 1. The molecule has 2 aromatic heterocycles. The van der Waals surface area contributed by atoms with E-state index in [4.69, 9.17) is 0 Å². The zero-order chi connectivity index (χ0) is 20.5. The lowest BCUT2D eigenvalue weighted by molar-refractivity contribution is 0.0984. The molecule has 0 aliphatic rings. The van der Waals surface area contributed by atoms with Crippen LogP contribution in [0.25, 0.3) is 5.78 Å². The van der Waals surface area contributed by atoms with E-state index in [1.165, 1.54) is 10.6 Å². The molecule has 0 fully saturated rings. The summed E-state index contributed by atoms with van der Waals surface area (Å²) in [6.45, 7) is 5.82. The Morgan fingerprint density at radius 1 is 1.03 bits per heavy atom. The lowest BCUT2D eigenvalue weighted by Crippen LogP contribution is -2.31. The van der Waals surface area contributed by atoms with Crippen LogP contribution >= 0.6 is 0 Å². The van der Waals surface area contributed by atoms with Crippen LogP contribution in [0.3, 0.4) is 0 Å². The average molecular weight is 387 g/mol. The van der Waals surface area contributed by atoms with E-state index in [0.717, 1.165) is 16.8 Å². The number of benzene rings is 2. The van der Waals surface area contributed by atoms with Crippen molar-refractivity contribution in [2.24, 2.45) is 0 Å².